The van der Waals surface area contributed by atoms with E-state index in [1.54, 1.807) is 0 Å². The van der Waals surface area contributed by atoms with Crippen LogP contribution in [0.5, 0.6) is 0 Å². The lowest BCUT2D eigenvalue weighted by atomic mass is 9.93. The Bertz CT molecular complexity index is 1110. The molecular weight excluding hydrogens is 306 g/mol. The number of H-pyrrole nitrogens is 1. The lowest BCUT2D eigenvalue weighted by Crippen LogP contribution is -2.28. The van der Waals surface area contributed by atoms with E-state index in [1.807, 2.05) is 30.6 Å². The second-order valence-corrected chi connectivity index (χ2v) is 6.31. The molecule has 0 saturated heterocycles. The fraction of sp³-hybridized carbons (Fsp3) is 0.0909. The Balaban J connectivity index is 1.88. The number of para-hydroxylation sites is 2. The van der Waals surface area contributed by atoms with Gasteiger partial charge in [-0.25, -0.2) is 4.98 Å². The fourth-order valence-electron chi connectivity index (χ4n) is 3.52. The molecule has 0 radical (unpaired) electrons. The van der Waals surface area contributed by atoms with Crippen LogP contribution in [0.2, 0.25) is 0 Å². The second kappa shape index (κ2) is 5.92. The van der Waals surface area contributed by atoms with Gasteiger partial charge in [0, 0.05) is 0 Å². The van der Waals surface area contributed by atoms with E-state index in [-0.39, 0.29) is 0 Å². The van der Waals surface area contributed by atoms with Crippen molar-refractivity contribution < 1.29 is 4.57 Å². The van der Waals surface area contributed by atoms with Crippen molar-refractivity contribution in [2.75, 3.05) is 0 Å². The SMILES string of the molecule is Cc1cc(C#N)cc(C)c1-c1cccc(-[n+]2c[nH]c3ccccc32)c1. The first-order chi connectivity index (χ1) is 12.2. The number of imidazole rings is 1. The largest absolute Gasteiger partial charge is 0.247 e. The molecule has 0 unspecified atom stereocenters. The summed E-state index contributed by atoms with van der Waals surface area (Å²) in [7, 11) is 0. The molecule has 0 aliphatic carbocycles. The number of aromatic amines is 1. The standard InChI is InChI=1S/C22H17N3/c1-15-10-17(13-23)11-16(2)22(15)18-6-5-7-19(12-18)25-14-24-20-8-3-4-9-21(20)25/h3-12,14H,1-2H3/p+1. The minimum Gasteiger partial charge on any atom is -0.243 e. The molecule has 0 bridgehead atoms. The molecule has 0 atom stereocenters. The number of aryl methyl sites for hydroxylation is 2. The molecule has 4 aromatic rings. The van der Waals surface area contributed by atoms with Crippen LogP contribution in [0.1, 0.15) is 16.7 Å². The number of nitrogens with zero attached hydrogens (tertiary/aromatic N) is 2. The zero-order valence-corrected chi connectivity index (χ0v) is 14.2. The highest BCUT2D eigenvalue weighted by atomic mass is 15.0. The van der Waals surface area contributed by atoms with Gasteiger partial charge in [0.15, 0.2) is 11.0 Å². The lowest BCUT2D eigenvalue weighted by molar-refractivity contribution is -0.567. The van der Waals surface area contributed by atoms with Gasteiger partial charge < -0.3 is 0 Å². The summed E-state index contributed by atoms with van der Waals surface area (Å²) in [6, 6.07) is 22.9. The average molecular weight is 324 g/mol. The first-order valence-electron chi connectivity index (χ1n) is 8.27. The maximum absolute atomic E-state index is 9.16. The summed E-state index contributed by atoms with van der Waals surface area (Å²) in [6.45, 7) is 4.13. The summed E-state index contributed by atoms with van der Waals surface area (Å²) in [6.07, 6.45) is 1.99. The van der Waals surface area contributed by atoms with Gasteiger partial charge in [-0.15, -0.1) is 0 Å². The predicted molar refractivity (Wildman–Crippen MR) is 99.5 cm³/mol. The number of nitriles is 1. The zero-order valence-electron chi connectivity index (χ0n) is 14.2. The molecule has 0 saturated carbocycles. The first-order valence-corrected chi connectivity index (χ1v) is 8.27. The third-order valence-electron chi connectivity index (χ3n) is 4.59. The number of nitrogens with one attached hydrogen (secondary N) is 1. The summed E-state index contributed by atoms with van der Waals surface area (Å²) in [4.78, 5) is 3.31. The number of fused-ring (bicyclic) bond motifs is 1. The number of hydrogen-bond donors (Lipinski definition) is 1. The van der Waals surface area contributed by atoms with Gasteiger partial charge in [-0.1, -0.05) is 24.3 Å². The van der Waals surface area contributed by atoms with Gasteiger partial charge in [0.25, 0.3) is 0 Å². The molecule has 3 nitrogen and oxygen atoms in total. The molecule has 3 heteroatoms. The average Bonchev–Trinajstić information content (AvgIpc) is 3.05. The third kappa shape index (κ3) is 2.58. The van der Waals surface area contributed by atoms with Crippen LogP contribution in [0, 0.1) is 25.2 Å². The molecule has 0 spiro atoms. The van der Waals surface area contributed by atoms with Gasteiger partial charge in [-0.05, 0) is 72.5 Å². The van der Waals surface area contributed by atoms with Crippen LogP contribution in [-0.2, 0) is 0 Å². The molecule has 0 fully saturated rings. The first kappa shape index (κ1) is 15.2. The molecular formula is C22H18N3+. The Kier molecular flexibility index (Phi) is 3.59. The maximum atomic E-state index is 9.16. The summed E-state index contributed by atoms with van der Waals surface area (Å²) in [5, 5.41) is 9.16. The second-order valence-electron chi connectivity index (χ2n) is 6.31. The van der Waals surface area contributed by atoms with Crippen LogP contribution < -0.4 is 4.57 Å². The van der Waals surface area contributed by atoms with Crippen molar-refractivity contribution in [3.8, 4) is 22.9 Å². The monoisotopic (exact) mass is 324 g/mol. The van der Waals surface area contributed by atoms with Crippen LogP contribution in [0.3, 0.4) is 0 Å². The predicted octanol–water partition coefficient (Wildman–Crippen LogP) is 4.60. The van der Waals surface area contributed by atoms with E-state index in [2.05, 4.69) is 65.9 Å². The summed E-state index contributed by atoms with van der Waals surface area (Å²) in [5.74, 6) is 0. The molecule has 120 valence electrons. The number of benzene rings is 3. The third-order valence-corrected chi connectivity index (χ3v) is 4.59. The van der Waals surface area contributed by atoms with Crippen LogP contribution in [0.4, 0.5) is 0 Å². The van der Waals surface area contributed by atoms with Gasteiger partial charge in [-0.2, -0.15) is 9.83 Å². The molecule has 25 heavy (non-hydrogen) atoms. The molecule has 0 aliphatic rings. The number of aromatic nitrogens is 2. The van der Waals surface area contributed by atoms with E-state index in [1.165, 1.54) is 5.56 Å². The van der Waals surface area contributed by atoms with Gasteiger partial charge >= 0.3 is 0 Å². The van der Waals surface area contributed by atoms with Crippen LogP contribution in [0.15, 0.2) is 67.0 Å². The Hall–Kier alpha value is -3.38. The van der Waals surface area contributed by atoms with Crippen molar-refractivity contribution in [1.29, 1.82) is 5.26 Å². The van der Waals surface area contributed by atoms with E-state index in [0.717, 1.165) is 33.4 Å². The van der Waals surface area contributed by atoms with Crippen LogP contribution in [0.25, 0.3) is 27.8 Å². The van der Waals surface area contributed by atoms with Crippen molar-refractivity contribution >= 4 is 11.0 Å². The molecule has 3 aromatic carbocycles. The fourth-order valence-corrected chi connectivity index (χ4v) is 3.52. The van der Waals surface area contributed by atoms with Crippen LogP contribution in [-0.4, -0.2) is 4.98 Å². The van der Waals surface area contributed by atoms with Gasteiger partial charge in [-0.3, -0.25) is 0 Å². The zero-order chi connectivity index (χ0) is 17.4. The molecule has 1 aromatic heterocycles. The Labute approximate surface area is 146 Å². The Morgan fingerprint density at radius 2 is 1.68 bits per heavy atom. The summed E-state index contributed by atoms with van der Waals surface area (Å²) in [5.41, 5.74) is 8.68. The molecule has 0 amide bonds. The highest BCUT2D eigenvalue weighted by Crippen LogP contribution is 2.29. The van der Waals surface area contributed by atoms with E-state index in [4.69, 9.17) is 5.26 Å². The Morgan fingerprint density at radius 1 is 0.920 bits per heavy atom. The smallest absolute Gasteiger partial charge is 0.243 e. The highest BCUT2D eigenvalue weighted by molar-refractivity contribution is 5.74. The van der Waals surface area contributed by atoms with Gasteiger partial charge in [0.05, 0.1) is 11.6 Å². The molecule has 1 heterocycles. The van der Waals surface area contributed by atoms with Gasteiger partial charge in [0.2, 0.25) is 6.33 Å². The van der Waals surface area contributed by atoms with Gasteiger partial charge in [0.1, 0.15) is 5.69 Å². The topological polar surface area (TPSA) is 43.5 Å². The summed E-state index contributed by atoms with van der Waals surface area (Å²) >= 11 is 0. The summed E-state index contributed by atoms with van der Waals surface area (Å²) < 4.78 is 2.16. The van der Waals surface area contributed by atoms with Crippen molar-refractivity contribution in [3.63, 3.8) is 0 Å². The van der Waals surface area contributed by atoms with Crippen molar-refractivity contribution in [2.24, 2.45) is 0 Å². The van der Waals surface area contributed by atoms with Crippen molar-refractivity contribution in [2.45, 2.75) is 13.8 Å². The number of rotatable bonds is 2. The maximum Gasteiger partial charge on any atom is 0.247 e. The highest BCUT2D eigenvalue weighted by Gasteiger charge is 2.13. The number of hydrogen-bond acceptors (Lipinski definition) is 1. The van der Waals surface area contributed by atoms with Crippen LogP contribution >= 0.6 is 0 Å². The van der Waals surface area contributed by atoms with E-state index < -0.39 is 0 Å². The van der Waals surface area contributed by atoms with E-state index in [9.17, 15) is 0 Å². The normalized spacial score (nSPS) is 10.8. The molecule has 4 rings (SSSR count). The quantitative estimate of drug-likeness (QED) is 0.538. The van der Waals surface area contributed by atoms with E-state index in [0.29, 0.717) is 5.56 Å². The molecule has 0 aliphatic heterocycles. The molecule has 1 N–H and O–H groups in total. The minimum atomic E-state index is 0.709. The lowest BCUT2D eigenvalue weighted by Gasteiger charge is -2.11. The van der Waals surface area contributed by atoms with Crippen molar-refractivity contribution in [3.05, 3.63) is 83.7 Å². The Morgan fingerprint density at radius 3 is 2.44 bits per heavy atom. The van der Waals surface area contributed by atoms with E-state index >= 15 is 0 Å². The minimum absolute atomic E-state index is 0.709. The van der Waals surface area contributed by atoms with Crippen molar-refractivity contribution in [1.82, 2.24) is 4.98 Å².